The second kappa shape index (κ2) is 3.91. The Morgan fingerprint density at radius 2 is 2.00 bits per heavy atom. The molecule has 110 valence electrons. The van der Waals surface area contributed by atoms with Crippen LogP contribution in [0.4, 0.5) is 0 Å². The van der Waals surface area contributed by atoms with E-state index in [1.807, 2.05) is 0 Å². The third-order valence-corrected chi connectivity index (χ3v) is 6.08. The molecule has 1 atom stereocenters. The van der Waals surface area contributed by atoms with Crippen LogP contribution in [0.3, 0.4) is 0 Å². The van der Waals surface area contributed by atoms with Crippen molar-refractivity contribution in [1.29, 1.82) is 0 Å². The molecule has 0 aromatic carbocycles. The van der Waals surface area contributed by atoms with Crippen LogP contribution in [-0.2, 0) is 13.0 Å². The van der Waals surface area contributed by atoms with Crippen molar-refractivity contribution in [3.63, 3.8) is 0 Å². The second-order valence-electron chi connectivity index (χ2n) is 8.56. The van der Waals surface area contributed by atoms with E-state index in [9.17, 15) is 0 Å². The van der Waals surface area contributed by atoms with Crippen molar-refractivity contribution in [1.82, 2.24) is 4.57 Å². The highest BCUT2D eigenvalue weighted by molar-refractivity contribution is 5.34. The highest BCUT2D eigenvalue weighted by Crippen LogP contribution is 2.62. The zero-order valence-electron chi connectivity index (χ0n) is 13.2. The zero-order chi connectivity index (χ0) is 14.1. The van der Waals surface area contributed by atoms with Gasteiger partial charge in [-0.15, -0.1) is 0 Å². The summed E-state index contributed by atoms with van der Waals surface area (Å²) in [6.45, 7) is 8.29. The first-order valence-electron chi connectivity index (χ1n) is 8.35. The largest absolute Gasteiger partial charge is 0.348 e. The number of hydrogen-bond donors (Lipinski definition) is 1. The number of nitrogens with two attached hydrogens (primary N) is 1. The third kappa shape index (κ3) is 1.95. The topological polar surface area (TPSA) is 30.9 Å². The third-order valence-electron chi connectivity index (χ3n) is 6.08. The van der Waals surface area contributed by atoms with Crippen LogP contribution in [0.1, 0.15) is 68.9 Å². The van der Waals surface area contributed by atoms with Gasteiger partial charge in [0.15, 0.2) is 0 Å². The maximum atomic E-state index is 6.44. The smallest absolute Gasteiger partial charge is 0.0318 e. The highest BCUT2D eigenvalue weighted by atomic mass is 15.0. The monoisotopic (exact) mass is 272 g/mol. The Morgan fingerprint density at radius 3 is 2.60 bits per heavy atom. The van der Waals surface area contributed by atoms with E-state index in [0.717, 1.165) is 12.3 Å². The first-order valence-corrected chi connectivity index (χ1v) is 8.35. The van der Waals surface area contributed by atoms with Gasteiger partial charge in [-0.05, 0) is 73.8 Å². The second-order valence-corrected chi connectivity index (χ2v) is 8.56. The summed E-state index contributed by atoms with van der Waals surface area (Å²) in [7, 11) is 0. The van der Waals surface area contributed by atoms with Crippen LogP contribution >= 0.6 is 0 Å². The van der Waals surface area contributed by atoms with Crippen LogP contribution in [0.15, 0.2) is 6.07 Å². The number of fused-ring (bicyclic) bond motifs is 1. The molecule has 2 nitrogen and oxygen atoms in total. The van der Waals surface area contributed by atoms with Gasteiger partial charge in [-0.2, -0.15) is 0 Å². The molecule has 0 saturated heterocycles. The maximum Gasteiger partial charge on any atom is 0.0318 e. The Hall–Kier alpha value is -0.760. The van der Waals surface area contributed by atoms with Gasteiger partial charge in [0.1, 0.15) is 0 Å². The fraction of sp³-hybridized carbons (Fsp3) is 0.778. The van der Waals surface area contributed by atoms with Crippen LogP contribution < -0.4 is 5.73 Å². The molecule has 0 bridgehead atoms. The number of nitrogens with zero attached hydrogens (tertiary/aromatic N) is 1. The predicted octanol–water partition coefficient (Wildman–Crippen LogP) is 3.96. The normalized spacial score (nSPS) is 30.1. The molecule has 1 unspecified atom stereocenters. The van der Waals surface area contributed by atoms with Gasteiger partial charge in [-0.3, -0.25) is 0 Å². The Balaban J connectivity index is 1.70. The van der Waals surface area contributed by atoms with E-state index in [2.05, 4.69) is 31.4 Å². The van der Waals surface area contributed by atoms with E-state index in [1.165, 1.54) is 49.9 Å². The number of aryl methyl sites for hydroxylation is 1. The van der Waals surface area contributed by atoms with Crippen LogP contribution in [0.2, 0.25) is 0 Å². The molecule has 2 fully saturated rings. The standard InChI is InChI=1S/C18H28N2/c1-12-8-14-15(19)9-17(2,3)10-16(14)20(12)11-18(6-7-18)13-4-5-13/h8,13,15H,4-7,9-11,19H2,1-3H3. The zero-order valence-corrected chi connectivity index (χ0v) is 13.2. The Bertz CT molecular complexity index is 544. The van der Waals surface area contributed by atoms with Gasteiger partial charge in [0.05, 0.1) is 0 Å². The predicted molar refractivity (Wildman–Crippen MR) is 82.6 cm³/mol. The summed E-state index contributed by atoms with van der Waals surface area (Å²) in [5.74, 6) is 1.03. The Kier molecular flexibility index (Phi) is 2.53. The van der Waals surface area contributed by atoms with Crippen molar-refractivity contribution >= 4 is 0 Å². The van der Waals surface area contributed by atoms with Crippen LogP contribution in [-0.4, -0.2) is 4.57 Å². The van der Waals surface area contributed by atoms with E-state index in [0.29, 0.717) is 10.8 Å². The van der Waals surface area contributed by atoms with Gasteiger partial charge >= 0.3 is 0 Å². The molecule has 0 amide bonds. The first kappa shape index (κ1) is 12.9. The molecule has 3 aliphatic rings. The Labute approximate surface area is 122 Å². The summed E-state index contributed by atoms with van der Waals surface area (Å²) in [6.07, 6.45) is 8.20. The lowest BCUT2D eigenvalue weighted by Crippen LogP contribution is -2.31. The molecule has 2 heteroatoms. The fourth-order valence-corrected chi connectivity index (χ4v) is 4.59. The molecule has 0 radical (unpaired) electrons. The lowest BCUT2D eigenvalue weighted by molar-refractivity contribution is 0.267. The fourth-order valence-electron chi connectivity index (χ4n) is 4.59. The van der Waals surface area contributed by atoms with Crippen LogP contribution in [0, 0.1) is 23.7 Å². The minimum atomic E-state index is 0.241. The van der Waals surface area contributed by atoms with E-state index in [1.54, 1.807) is 5.69 Å². The van der Waals surface area contributed by atoms with Gasteiger partial charge < -0.3 is 10.3 Å². The van der Waals surface area contributed by atoms with Crippen molar-refractivity contribution in [3.8, 4) is 0 Å². The van der Waals surface area contributed by atoms with Crippen LogP contribution in [0.5, 0.6) is 0 Å². The van der Waals surface area contributed by atoms with E-state index in [-0.39, 0.29) is 6.04 Å². The van der Waals surface area contributed by atoms with Gasteiger partial charge in [0.25, 0.3) is 0 Å². The van der Waals surface area contributed by atoms with Crippen LogP contribution in [0.25, 0.3) is 0 Å². The summed E-state index contributed by atoms with van der Waals surface area (Å²) in [4.78, 5) is 0. The molecule has 3 aliphatic carbocycles. The molecule has 2 N–H and O–H groups in total. The molecule has 1 heterocycles. The summed E-state index contributed by atoms with van der Waals surface area (Å²) >= 11 is 0. The van der Waals surface area contributed by atoms with Gasteiger partial charge in [-0.25, -0.2) is 0 Å². The summed E-state index contributed by atoms with van der Waals surface area (Å²) in [5, 5.41) is 0. The lowest BCUT2D eigenvalue weighted by atomic mass is 9.74. The molecule has 2 saturated carbocycles. The number of hydrogen-bond acceptors (Lipinski definition) is 1. The van der Waals surface area contributed by atoms with Crippen molar-refractivity contribution < 1.29 is 0 Å². The SMILES string of the molecule is Cc1cc2c(n1CC1(C3CC3)CC1)CC(C)(C)CC2N. The van der Waals surface area contributed by atoms with E-state index >= 15 is 0 Å². The molecule has 1 aromatic rings. The van der Waals surface area contributed by atoms with Crippen molar-refractivity contribution in [3.05, 3.63) is 23.0 Å². The summed E-state index contributed by atoms with van der Waals surface area (Å²) < 4.78 is 2.64. The van der Waals surface area contributed by atoms with Gasteiger partial charge in [0, 0.05) is 24.0 Å². The van der Waals surface area contributed by atoms with Crippen molar-refractivity contribution in [2.24, 2.45) is 22.5 Å². The summed E-state index contributed by atoms with van der Waals surface area (Å²) in [6, 6.07) is 2.61. The van der Waals surface area contributed by atoms with Gasteiger partial charge in [0.2, 0.25) is 0 Å². The molecule has 20 heavy (non-hydrogen) atoms. The molecular weight excluding hydrogens is 244 g/mol. The molecular formula is C18H28N2. The average molecular weight is 272 g/mol. The van der Waals surface area contributed by atoms with Crippen molar-refractivity contribution in [2.45, 2.75) is 71.9 Å². The Morgan fingerprint density at radius 1 is 1.30 bits per heavy atom. The number of rotatable bonds is 3. The average Bonchev–Trinajstić information content (AvgIpc) is 3.21. The molecule has 0 spiro atoms. The van der Waals surface area contributed by atoms with E-state index < -0.39 is 0 Å². The molecule has 4 rings (SSSR count). The highest BCUT2D eigenvalue weighted by Gasteiger charge is 2.54. The summed E-state index contributed by atoms with van der Waals surface area (Å²) in [5.41, 5.74) is 11.9. The number of aromatic nitrogens is 1. The maximum absolute atomic E-state index is 6.44. The minimum Gasteiger partial charge on any atom is -0.348 e. The molecule has 1 aromatic heterocycles. The molecule has 0 aliphatic heterocycles. The van der Waals surface area contributed by atoms with Crippen molar-refractivity contribution in [2.75, 3.05) is 0 Å². The van der Waals surface area contributed by atoms with Gasteiger partial charge in [-0.1, -0.05) is 13.8 Å². The first-order chi connectivity index (χ1) is 9.40. The lowest BCUT2D eigenvalue weighted by Gasteiger charge is -2.35. The minimum absolute atomic E-state index is 0.241. The van der Waals surface area contributed by atoms with E-state index in [4.69, 9.17) is 5.73 Å². The quantitative estimate of drug-likeness (QED) is 0.887.